The number of hydrogen-bond donors (Lipinski definition) is 2. The van der Waals surface area contributed by atoms with E-state index in [1.807, 2.05) is 5.32 Å². The van der Waals surface area contributed by atoms with Gasteiger partial charge >= 0.3 is 12.3 Å². The van der Waals surface area contributed by atoms with Crippen molar-refractivity contribution < 1.29 is 22.4 Å². The topological polar surface area (TPSA) is 41.1 Å². The number of amides is 1. The van der Waals surface area contributed by atoms with E-state index in [-0.39, 0.29) is 0 Å². The fourth-order valence-electron chi connectivity index (χ4n) is 1.34. The summed E-state index contributed by atoms with van der Waals surface area (Å²) in [7, 11) is 0. The predicted molar refractivity (Wildman–Crippen MR) is 68.6 cm³/mol. The number of benzene rings is 1. The van der Waals surface area contributed by atoms with E-state index >= 15 is 0 Å². The number of aryl methyl sites for hydroxylation is 1. The van der Waals surface area contributed by atoms with Crippen molar-refractivity contribution in [3.8, 4) is 0 Å². The molecular weight excluding hydrogens is 300 g/mol. The van der Waals surface area contributed by atoms with Crippen LogP contribution in [0.5, 0.6) is 0 Å². The molecule has 0 fully saturated rings. The Bertz CT molecular complexity index is 483. The third kappa shape index (κ3) is 4.97. The Morgan fingerprint density at radius 1 is 1.40 bits per heavy atom. The molecule has 0 aromatic heterocycles. The van der Waals surface area contributed by atoms with Crippen molar-refractivity contribution in [3.05, 3.63) is 28.8 Å². The van der Waals surface area contributed by atoms with Crippen LogP contribution >= 0.6 is 11.6 Å². The van der Waals surface area contributed by atoms with Gasteiger partial charge in [0.1, 0.15) is 0 Å². The largest absolute Gasteiger partial charge is 0.325 e. The number of carbonyl (C=O) groups is 1. The van der Waals surface area contributed by atoms with Crippen molar-refractivity contribution in [1.82, 2.24) is 5.32 Å². The summed E-state index contributed by atoms with van der Waals surface area (Å²) in [5, 5.41) is 4.84. The van der Waals surface area contributed by atoms with Gasteiger partial charge in [-0.3, -0.25) is 4.79 Å². The van der Waals surface area contributed by atoms with Gasteiger partial charge in [0.15, 0.2) is 0 Å². The van der Waals surface area contributed by atoms with E-state index in [4.69, 9.17) is 11.6 Å². The molecule has 0 bridgehead atoms. The maximum Gasteiger partial charge on any atom is 0.319 e. The smallest absolute Gasteiger partial charge is 0.319 e. The van der Waals surface area contributed by atoms with Crippen LogP contribution in [0.3, 0.4) is 0 Å². The normalized spacial score (nSPS) is 11.8. The number of rotatable bonds is 6. The number of halogens is 5. The van der Waals surface area contributed by atoms with E-state index in [2.05, 4.69) is 5.32 Å². The molecule has 0 aliphatic heterocycles. The van der Waals surface area contributed by atoms with Gasteiger partial charge in [-0.05, 0) is 24.6 Å². The summed E-state index contributed by atoms with van der Waals surface area (Å²) in [4.78, 5) is 11.5. The molecule has 0 saturated carbocycles. The van der Waals surface area contributed by atoms with Crippen LogP contribution in [0.1, 0.15) is 5.56 Å². The summed E-state index contributed by atoms with van der Waals surface area (Å²) in [6.45, 7) is -0.0504. The average Bonchev–Trinajstić information content (AvgIpc) is 2.33. The Hall–Kier alpha value is -1.34. The first-order valence-electron chi connectivity index (χ1n) is 5.65. The first-order chi connectivity index (χ1) is 9.22. The maximum atomic E-state index is 12.6. The molecule has 0 spiro atoms. The highest BCUT2D eigenvalue weighted by molar-refractivity contribution is 6.31. The van der Waals surface area contributed by atoms with Crippen LogP contribution in [0, 0.1) is 6.92 Å². The zero-order valence-electron chi connectivity index (χ0n) is 10.5. The molecule has 0 unspecified atom stereocenters. The Kier molecular flexibility index (Phi) is 5.76. The number of alkyl halides is 4. The number of hydrogen-bond acceptors (Lipinski definition) is 2. The lowest BCUT2D eigenvalue weighted by atomic mass is 10.2. The third-order valence-corrected chi connectivity index (χ3v) is 2.67. The molecule has 112 valence electrons. The summed E-state index contributed by atoms with van der Waals surface area (Å²) >= 11 is 5.75. The Labute approximate surface area is 118 Å². The van der Waals surface area contributed by atoms with E-state index < -0.39 is 31.3 Å². The first kappa shape index (κ1) is 16.7. The van der Waals surface area contributed by atoms with Crippen LogP contribution in [-0.2, 0) is 4.79 Å². The Morgan fingerprint density at radius 2 is 2.05 bits per heavy atom. The van der Waals surface area contributed by atoms with Crippen molar-refractivity contribution in [1.29, 1.82) is 0 Å². The molecule has 1 amide bonds. The van der Waals surface area contributed by atoms with Gasteiger partial charge in [-0.2, -0.15) is 8.78 Å². The number of carbonyl (C=O) groups excluding carboxylic acids is 1. The lowest BCUT2D eigenvalue weighted by Crippen LogP contribution is -2.41. The predicted octanol–water partition coefficient (Wildman–Crippen LogP) is 3.08. The molecule has 20 heavy (non-hydrogen) atoms. The van der Waals surface area contributed by atoms with Gasteiger partial charge in [0.05, 0.1) is 13.1 Å². The van der Waals surface area contributed by atoms with Crippen LogP contribution in [0.2, 0.25) is 5.02 Å². The summed E-state index contributed by atoms with van der Waals surface area (Å²) in [5.41, 5.74) is 1.17. The first-order valence-corrected chi connectivity index (χ1v) is 6.03. The lowest BCUT2D eigenvalue weighted by molar-refractivity contribution is -0.127. The second kappa shape index (κ2) is 6.90. The molecule has 0 atom stereocenters. The molecule has 1 rings (SSSR count). The van der Waals surface area contributed by atoms with E-state index in [0.29, 0.717) is 10.7 Å². The SMILES string of the molecule is Cc1ccc(Cl)cc1NC(=O)CNCC(F)(F)C(F)F. The van der Waals surface area contributed by atoms with E-state index in [1.165, 1.54) is 6.07 Å². The molecule has 1 aromatic carbocycles. The van der Waals surface area contributed by atoms with Gasteiger partial charge in [0.2, 0.25) is 5.91 Å². The number of nitrogens with one attached hydrogen (secondary N) is 2. The average molecular weight is 313 g/mol. The van der Waals surface area contributed by atoms with E-state index in [0.717, 1.165) is 5.56 Å². The molecule has 0 heterocycles. The molecule has 0 aliphatic carbocycles. The lowest BCUT2D eigenvalue weighted by Gasteiger charge is -2.15. The minimum Gasteiger partial charge on any atom is -0.325 e. The van der Waals surface area contributed by atoms with E-state index in [1.54, 1.807) is 19.1 Å². The van der Waals surface area contributed by atoms with Crippen LogP contribution < -0.4 is 10.6 Å². The second-order valence-electron chi connectivity index (χ2n) is 4.17. The highest BCUT2D eigenvalue weighted by atomic mass is 35.5. The maximum absolute atomic E-state index is 12.6. The van der Waals surface area contributed by atoms with E-state index in [9.17, 15) is 22.4 Å². The van der Waals surface area contributed by atoms with Gasteiger partial charge in [0, 0.05) is 10.7 Å². The monoisotopic (exact) mass is 312 g/mol. The van der Waals surface area contributed by atoms with Crippen LogP contribution in [0.15, 0.2) is 18.2 Å². The summed E-state index contributed by atoms with van der Waals surface area (Å²) in [6, 6.07) is 4.81. The Morgan fingerprint density at radius 3 is 2.65 bits per heavy atom. The molecule has 0 aliphatic rings. The van der Waals surface area contributed by atoms with Gasteiger partial charge in [-0.1, -0.05) is 17.7 Å². The standard InChI is InChI=1S/C12H13ClF4N2O/c1-7-2-3-8(13)4-9(7)19-10(20)5-18-6-12(16,17)11(14)15/h2-4,11,18H,5-6H2,1H3,(H,19,20). The highest BCUT2D eigenvalue weighted by Gasteiger charge is 2.40. The fourth-order valence-corrected chi connectivity index (χ4v) is 1.52. The molecule has 1 aromatic rings. The molecule has 8 heteroatoms. The molecule has 3 nitrogen and oxygen atoms in total. The fraction of sp³-hybridized carbons (Fsp3) is 0.417. The van der Waals surface area contributed by atoms with Crippen LogP contribution in [-0.4, -0.2) is 31.3 Å². The molecule has 0 radical (unpaired) electrons. The van der Waals surface area contributed by atoms with Crippen LogP contribution in [0.25, 0.3) is 0 Å². The van der Waals surface area contributed by atoms with Crippen molar-refractivity contribution in [2.24, 2.45) is 0 Å². The van der Waals surface area contributed by atoms with Gasteiger partial charge in [-0.25, -0.2) is 8.78 Å². The van der Waals surface area contributed by atoms with Crippen molar-refractivity contribution >= 4 is 23.2 Å². The molecular formula is C12H13ClF4N2O. The van der Waals surface area contributed by atoms with Crippen molar-refractivity contribution in [2.75, 3.05) is 18.4 Å². The zero-order valence-corrected chi connectivity index (χ0v) is 11.3. The third-order valence-electron chi connectivity index (χ3n) is 2.44. The van der Waals surface area contributed by atoms with Crippen molar-refractivity contribution in [3.63, 3.8) is 0 Å². The molecule has 0 saturated heterocycles. The minimum absolute atomic E-state index is 0.406. The highest BCUT2D eigenvalue weighted by Crippen LogP contribution is 2.21. The van der Waals surface area contributed by atoms with Gasteiger partial charge in [0.25, 0.3) is 0 Å². The van der Waals surface area contributed by atoms with Crippen LogP contribution in [0.4, 0.5) is 23.2 Å². The summed E-state index contributed by atoms with van der Waals surface area (Å²) in [5.74, 6) is -4.79. The number of anilines is 1. The van der Waals surface area contributed by atoms with Crippen molar-refractivity contribution in [2.45, 2.75) is 19.3 Å². The Balaban J connectivity index is 2.47. The summed E-state index contributed by atoms with van der Waals surface area (Å²) < 4.78 is 48.9. The van der Waals surface area contributed by atoms with Gasteiger partial charge < -0.3 is 10.6 Å². The zero-order chi connectivity index (χ0) is 15.3. The quantitative estimate of drug-likeness (QED) is 0.793. The second-order valence-corrected chi connectivity index (χ2v) is 4.61. The summed E-state index contributed by atoms with van der Waals surface area (Å²) in [6.07, 6.45) is -3.77. The molecule has 2 N–H and O–H groups in total. The minimum atomic E-state index is -4.16. The van der Waals surface area contributed by atoms with Gasteiger partial charge in [-0.15, -0.1) is 0 Å².